The molecule has 22 heteroatoms. The first kappa shape index (κ1) is 65.5. The van der Waals surface area contributed by atoms with Crippen molar-refractivity contribution in [3.05, 3.63) is 45.7 Å². The maximum atomic E-state index is 14.9. The van der Waals surface area contributed by atoms with Crippen molar-refractivity contribution in [1.82, 2.24) is 14.8 Å². The molecule has 5 heterocycles. The molecule has 0 unspecified atom stereocenters. The Balaban J connectivity index is 1.21. The predicted octanol–water partition coefficient (Wildman–Crippen LogP) is 5.83. The molecule has 6 rings (SSSR count). The van der Waals surface area contributed by atoms with E-state index in [-0.39, 0.29) is 62.6 Å². The summed E-state index contributed by atoms with van der Waals surface area (Å²) in [4.78, 5) is 83.1. The zero-order valence-corrected chi connectivity index (χ0v) is 50.2. The third kappa shape index (κ3) is 14.8. The number of carbonyl (C=O) groups excluding carboxylic acids is 4. The number of carbonyl (C=O) groups is 5. The van der Waals surface area contributed by atoms with Gasteiger partial charge in [0, 0.05) is 69.2 Å². The van der Waals surface area contributed by atoms with Gasteiger partial charge in [0.15, 0.2) is 24.3 Å². The minimum Gasteiger partial charge on any atom is -0.477 e. The van der Waals surface area contributed by atoms with Crippen LogP contribution in [0.15, 0.2) is 29.2 Å². The average molecular weight is 1150 g/mol. The van der Waals surface area contributed by atoms with E-state index in [1.54, 1.807) is 59.1 Å². The number of rotatable bonds is 21. The number of Topliss-reactive ketones (excluding diaryl/α,β-unsaturated/α-hetero) is 1. The number of aryl methyl sites for hydroxylation is 2. The molecule has 4 aliphatic heterocycles. The second-order valence-corrected chi connectivity index (χ2v) is 23.6. The Bertz CT molecular complexity index is 2560. The Labute approximate surface area is 476 Å². The van der Waals surface area contributed by atoms with Crippen LogP contribution in [-0.2, 0) is 79.5 Å². The summed E-state index contributed by atoms with van der Waals surface area (Å²) in [5.41, 5.74) is -3.21. The molecule has 0 radical (unpaired) electrons. The number of likely N-dealkylation sites (N-methyl/N-ethyl adjacent to an activating group) is 1. The van der Waals surface area contributed by atoms with Gasteiger partial charge in [-0.15, -0.1) is 0 Å². The lowest BCUT2D eigenvalue weighted by molar-refractivity contribution is -0.329. The molecule has 18 atom stereocenters. The number of cyclic esters (lactones) is 1. The van der Waals surface area contributed by atoms with Gasteiger partial charge in [0.25, 0.3) is 0 Å². The van der Waals surface area contributed by atoms with E-state index < -0.39 is 125 Å². The molecular formula is C59H91N3O19. The van der Waals surface area contributed by atoms with Crippen LogP contribution >= 0.6 is 0 Å². The molecule has 4 saturated heterocycles. The molecule has 0 bridgehead atoms. The number of aliphatic hydroxyl groups excluding tert-OH is 1. The lowest BCUT2D eigenvalue weighted by Crippen LogP contribution is -2.62. The molecular weight excluding hydrogens is 1050 g/mol. The van der Waals surface area contributed by atoms with E-state index in [1.165, 1.54) is 20.4 Å². The number of ether oxygens (including phenoxy) is 11. The smallest absolute Gasteiger partial charge is 0.408 e. The number of hydrogen-bond acceptors (Lipinski definition) is 19. The van der Waals surface area contributed by atoms with E-state index in [0.29, 0.717) is 49.7 Å². The van der Waals surface area contributed by atoms with Crippen LogP contribution in [-0.4, -0.2) is 188 Å². The van der Waals surface area contributed by atoms with Crippen molar-refractivity contribution in [3.8, 4) is 0 Å². The summed E-state index contributed by atoms with van der Waals surface area (Å²) < 4.78 is 71.4. The summed E-state index contributed by atoms with van der Waals surface area (Å²) in [6.45, 7) is 20.9. The highest BCUT2D eigenvalue weighted by atomic mass is 16.7. The van der Waals surface area contributed by atoms with E-state index in [9.17, 15) is 39.0 Å². The molecule has 81 heavy (non-hydrogen) atoms. The van der Waals surface area contributed by atoms with Crippen LogP contribution in [0.25, 0.3) is 10.9 Å². The average Bonchev–Trinajstić information content (AvgIpc) is 3.81. The summed E-state index contributed by atoms with van der Waals surface area (Å²) in [6.07, 6.45) is -6.18. The highest BCUT2D eigenvalue weighted by Gasteiger charge is 2.59. The Hall–Kier alpha value is -4.62. The highest BCUT2D eigenvalue weighted by Crippen LogP contribution is 2.43. The number of ketones is 1. The predicted molar refractivity (Wildman–Crippen MR) is 296 cm³/mol. The number of methoxy groups -OCH3 is 2. The van der Waals surface area contributed by atoms with E-state index in [1.807, 2.05) is 58.8 Å². The molecule has 0 saturated carbocycles. The van der Waals surface area contributed by atoms with Crippen molar-refractivity contribution in [2.75, 3.05) is 54.7 Å². The molecule has 456 valence electrons. The number of carboxylic acids is 1. The van der Waals surface area contributed by atoms with Crippen LogP contribution in [0.5, 0.6) is 0 Å². The number of alkyl carbamates (subject to hydrolysis) is 1. The largest absolute Gasteiger partial charge is 0.477 e. The molecule has 0 aliphatic carbocycles. The van der Waals surface area contributed by atoms with Crippen molar-refractivity contribution in [2.45, 2.75) is 212 Å². The first-order valence-corrected chi connectivity index (χ1v) is 28.7. The Morgan fingerprint density at radius 2 is 1.49 bits per heavy atom. The molecule has 0 spiro atoms. The van der Waals surface area contributed by atoms with E-state index in [4.69, 9.17) is 52.1 Å². The molecule has 4 aliphatic rings. The minimum atomic E-state index is -1.45. The maximum Gasteiger partial charge on any atom is 0.408 e. The molecule has 1 aromatic carbocycles. The first-order valence-electron chi connectivity index (χ1n) is 28.7. The van der Waals surface area contributed by atoms with Gasteiger partial charge in [-0.1, -0.05) is 33.8 Å². The molecule has 22 nitrogen and oxygen atoms in total. The van der Waals surface area contributed by atoms with Crippen LogP contribution in [0.4, 0.5) is 4.79 Å². The van der Waals surface area contributed by atoms with Gasteiger partial charge in [-0.2, -0.15) is 0 Å². The van der Waals surface area contributed by atoms with Crippen LogP contribution in [0.2, 0.25) is 0 Å². The van der Waals surface area contributed by atoms with Crippen LogP contribution in [0, 0.1) is 23.7 Å². The fourth-order valence-electron chi connectivity index (χ4n) is 12.6. The normalized spacial score (nSPS) is 36.1. The standard InChI is InChI=1S/C59H91N3O19/c1-16-43-59(11)49(60-56(70)81-59)35(6)45(64)32(3)29-57(9,71-14)50(80-54-47(66)42(61(12)13)27-33(4)75-54)36(7)48(37(8)53(69)77-43)79-55-51(58(10,72-15)30-34(5)76-55)78-44(63)22-24-74-26-25-73-23-18-19-38-20-21-41-39(28-38)46(65)40(52(67)68)31-62(41)17-2/h20-21,28,31-37,42-43,47-51,54-55,66H,16-19,22-27,29-30H2,1-15H3,(H,60,70)(H,67,68)/t32-,33-,34+,35+,36+,37-,42+,43-,47-,48+,49-,50-,51+,54+,55+,57-,58+,59-/m1/s1. The van der Waals surface area contributed by atoms with E-state index in [0.717, 1.165) is 5.56 Å². The number of amides is 1. The summed E-state index contributed by atoms with van der Waals surface area (Å²) in [5.74, 6) is -6.32. The topological polar surface area (TPSA) is 265 Å². The monoisotopic (exact) mass is 1150 g/mol. The number of benzene rings is 1. The summed E-state index contributed by atoms with van der Waals surface area (Å²) in [5, 5.41) is 24.7. The van der Waals surface area contributed by atoms with Gasteiger partial charge in [0.2, 0.25) is 5.43 Å². The van der Waals surface area contributed by atoms with Crippen molar-refractivity contribution in [1.29, 1.82) is 0 Å². The van der Waals surface area contributed by atoms with Crippen molar-refractivity contribution in [2.24, 2.45) is 23.7 Å². The minimum absolute atomic E-state index is 0.00541. The van der Waals surface area contributed by atoms with E-state index in [2.05, 4.69) is 5.32 Å². The number of carboxylic acid groups (broad SMARTS) is 1. The number of pyridine rings is 1. The zero-order valence-electron chi connectivity index (χ0n) is 50.2. The number of aromatic carboxylic acids is 1. The summed E-state index contributed by atoms with van der Waals surface area (Å²) in [7, 11) is 6.74. The zero-order chi connectivity index (χ0) is 59.9. The van der Waals surface area contributed by atoms with Gasteiger partial charge in [-0.25, -0.2) is 9.59 Å². The van der Waals surface area contributed by atoms with Gasteiger partial charge in [-0.3, -0.25) is 19.2 Å². The van der Waals surface area contributed by atoms with Gasteiger partial charge in [0.05, 0.1) is 73.7 Å². The number of aromatic nitrogens is 1. The van der Waals surface area contributed by atoms with Crippen molar-refractivity contribution >= 4 is 40.7 Å². The first-order chi connectivity index (χ1) is 38.2. The quantitative estimate of drug-likeness (QED) is 0.0753. The molecule has 1 amide bonds. The number of fused-ring (bicyclic) bond motifs is 2. The van der Waals surface area contributed by atoms with Gasteiger partial charge >= 0.3 is 24.0 Å². The molecule has 1 aromatic heterocycles. The third-order valence-electron chi connectivity index (χ3n) is 17.3. The number of nitrogens with one attached hydrogen (secondary N) is 1. The van der Waals surface area contributed by atoms with Crippen molar-refractivity contribution in [3.63, 3.8) is 0 Å². The van der Waals surface area contributed by atoms with Gasteiger partial charge in [-0.05, 0) is 112 Å². The highest BCUT2D eigenvalue weighted by molar-refractivity contribution is 5.92. The third-order valence-corrected chi connectivity index (χ3v) is 17.3. The molecule has 4 fully saturated rings. The number of hydrogen-bond donors (Lipinski definition) is 3. The SMILES string of the molecule is CC[C@H]1OC(=O)[C@H](C)[C@@H](O[C@@H]2O[C@@H](C)C[C@](C)(OC)[C@H]2OC(=O)CCOCCOCCCc2ccc3c(c2)c(=O)c(C(=O)O)cn3CC)[C@H](C)[C@@H](O[C@@H]2O[C@H](C)C[C@H](N(C)C)[C@H]2O)[C@](C)(OC)C[C@@H](C)C(=O)[C@H](C)[C@H]2NC(=O)O[C@@]21C. The lowest BCUT2D eigenvalue weighted by Gasteiger charge is -2.50. The Morgan fingerprint density at radius 3 is 2.12 bits per heavy atom. The second kappa shape index (κ2) is 27.8. The number of nitrogens with zero attached hydrogens (tertiary/aromatic N) is 2. The lowest BCUT2D eigenvalue weighted by atomic mass is 9.73. The van der Waals surface area contributed by atoms with Crippen LogP contribution < -0.4 is 10.7 Å². The van der Waals surface area contributed by atoms with Crippen LogP contribution in [0.3, 0.4) is 0 Å². The number of esters is 2. The van der Waals surface area contributed by atoms with Crippen molar-refractivity contribution < 1.29 is 86.3 Å². The van der Waals surface area contributed by atoms with Gasteiger partial charge in [0.1, 0.15) is 29.2 Å². The fourth-order valence-corrected chi connectivity index (χ4v) is 12.6. The second-order valence-electron chi connectivity index (χ2n) is 23.6. The molecule has 3 N–H and O–H groups in total. The van der Waals surface area contributed by atoms with Crippen LogP contribution in [0.1, 0.15) is 131 Å². The Kier molecular flexibility index (Phi) is 22.5. The summed E-state index contributed by atoms with van der Waals surface area (Å²) in [6, 6.07) is 4.26. The summed E-state index contributed by atoms with van der Waals surface area (Å²) >= 11 is 0. The molecule has 2 aromatic rings. The van der Waals surface area contributed by atoms with Gasteiger partial charge < -0.3 is 77.1 Å². The fraction of sp³-hybridized carbons (Fsp3) is 0.763. The number of aliphatic hydroxyl groups is 1. The Morgan fingerprint density at radius 1 is 0.840 bits per heavy atom. The van der Waals surface area contributed by atoms with E-state index >= 15 is 0 Å². The maximum absolute atomic E-state index is 14.9.